The molecule has 3 N–H and O–H groups in total. The zero-order chi connectivity index (χ0) is 14.8. The highest BCUT2D eigenvalue weighted by Gasteiger charge is 2.42. The summed E-state index contributed by atoms with van der Waals surface area (Å²) in [5.74, 6) is -2.31. The maximum atomic E-state index is 12.7. The van der Waals surface area contributed by atoms with Gasteiger partial charge in [0, 0.05) is 18.7 Å². The van der Waals surface area contributed by atoms with Crippen LogP contribution in [-0.2, 0) is 13.0 Å². The fourth-order valence-electron chi connectivity index (χ4n) is 2.08. The minimum atomic E-state index is -4.50. The number of alkyl halides is 3. The lowest BCUT2D eigenvalue weighted by Gasteiger charge is -2.18. The Morgan fingerprint density at radius 1 is 1.35 bits per heavy atom. The minimum Gasteiger partial charge on any atom is -0.387 e. The van der Waals surface area contributed by atoms with E-state index in [1.807, 2.05) is 4.57 Å². The second-order valence-electron chi connectivity index (χ2n) is 4.72. The van der Waals surface area contributed by atoms with Crippen LogP contribution in [0.5, 0.6) is 0 Å². The van der Waals surface area contributed by atoms with Gasteiger partial charge in [0.05, 0.1) is 0 Å². The third-order valence-electron chi connectivity index (χ3n) is 3.23. The molecule has 2 heterocycles. The number of thioether (sulfide) groups is 1. The third-order valence-corrected chi connectivity index (χ3v) is 4.29. The van der Waals surface area contributed by atoms with E-state index < -0.39 is 17.9 Å². The molecule has 0 saturated heterocycles. The highest BCUT2D eigenvalue weighted by atomic mass is 32.2. The molecule has 112 valence electrons. The summed E-state index contributed by atoms with van der Waals surface area (Å²) in [5, 5.41) is 15.5. The average molecular weight is 307 g/mol. The van der Waals surface area contributed by atoms with E-state index in [-0.39, 0.29) is 5.75 Å². The molecular formula is C11H16F3N5S. The standard InChI is InChI=1S/C11H16F3N5S/c12-11(13,14)7(9(15)16)6-20-10-18-17-8-4-2-1-3-5-19(8)10/h7H,1-6H2,(H3,15,16). The molecule has 0 spiro atoms. The predicted octanol–water partition coefficient (Wildman–Crippen LogP) is 2.21. The van der Waals surface area contributed by atoms with Crippen molar-refractivity contribution in [2.75, 3.05) is 5.75 Å². The number of rotatable bonds is 4. The quantitative estimate of drug-likeness (QED) is 0.508. The number of hydrogen-bond acceptors (Lipinski definition) is 4. The average Bonchev–Trinajstić information content (AvgIpc) is 2.57. The van der Waals surface area contributed by atoms with Gasteiger partial charge in [0.15, 0.2) is 5.16 Å². The monoisotopic (exact) mass is 307 g/mol. The molecule has 0 fully saturated rings. The van der Waals surface area contributed by atoms with Crippen molar-refractivity contribution in [1.82, 2.24) is 14.8 Å². The molecule has 20 heavy (non-hydrogen) atoms. The summed E-state index contributed by atoms with van der Waals surface area (Å²) >= 11 is 0.963. The summed E-state index contributed by atoms with van der Waals surface area (Å²) in [4.78, 5) is 0. The lowest BCUT2D eigenvalue weighted by molar-refractivity contribution is -0.150. The van der Waals surface area contributed by atoms with Crippen molar-refractivity contribution in [3.8, 4) is 0 Å². The number of fused-ring (bicyclic) bond motifs is 1. The van der Waals surface area contributed by atoms with Crippen LogP contribution in [0.25, 0.3) is 0 Å². The number of aryl methyl sites for hydroxylation is 1. The van der Waals surface area contributed by atoms with Gasteiger partial charge in [0.2, 0.25) is 0 Å². The smallest absolute Gasteiger partial charge is 0.387 e. The molecule has 0 saturated carbocycles. The molecule has 2 rings (SSSR count). The van der Waals surface area contributed by atoms with Gasteiger partial charge in [0.25, 0.3) is 0 Å². The van der Waals surface area contributed by atoms with Crippen LogP contribution in [0, 0.1) is 11.3 Å². The Kier molecular flexibility index (Phi) is 4.56. The maximum absolute atomic E-state index is 12.7. The molecule has 1 atom stereocenters. The second kappa shape index (κ2) is 6.02. The van der Waals surface area contributed by atoms with Gasteiger partial charge >= 0.3 is 6.18 Å². The first kappa shape index (κ1) is 15.1. The van der Waals surface area contributed by atoms with Crippen LogP contribution >= 0.6 is 11.8 Å². The highest BCUT2D eigenvalue weighted by Crippen LogP contribution is 2.31. The van der Waals surface area contributed by atoms with E-state index >= 15 is 0 Å². The van der Waals surface area contributed by atoms with Crippen LogP contribution in [0.15, 0.2) is 5.16 Å². The van der Waals surface area contributed by atoms with Gasteiger partial charge in [-0.1, -0.05) is 18.2 Å². The Morgan fingerprint density at radius 3 is 2.75 bits per heavy atom. The van der Waals surface area contributed by atoms with Crippen molar-refractivity contribution in [1.29, 1.82) is 5.41 Å². The summed E-state index contributed by atoms with van der Waals surface area (Å²) in [6, 6.07) is 0. The summed E-state index contributed by atoms with van der Waals surface area (Å²) in [6.07, 6.45) is -0.592. The third kappa shape index (κ3) is 3.44. The van der Waals surface area contributed by atoms with E-state index in [1.54, 1.807) is 0 Å². The van der Waals surface area contributed by atoms with Gasteiger partial charge < -0.3 is 10.3 Å². The molecule has 1 aromatic heterocycles. The number of halogens is 3. The molecule has 0 aliphatic carbocycles. The number of nitrogens with one attached hydrogen (secondary N) is 1. The van der Waals surface area contributed by atoms with E-state index in [0.29, 0.717) is 5.16 Å². The number of nitrogens with two attached hydrogens (primary N) is 1. The number of hydrogen-bond donors (Lipinski definition) is 2. The van der Waals surface area contributed by atoms with Gasteiger partial charge in [-0.15, -0.1) is 10.2 Å². The Balaban J connectivity index is 2.07. The van der Waals surface area contributed by atoms with Gasteiger partial charge in [-0.3, -0.25) is 5.41 Å². The fraction of sp³-hybridized carbons (Fsp3) is 0.727. The summed E-state index contributed by atoms with van der Waals surface area (Å²) in [5.41, 5.74) is 5.03. The molecule has 5 nitrogen and oxygen atoms in total. The first-order chi connectivity index (χ1) is 9.39. The summed E-state index contributed by atoms with van der Waals surface area (Å²) < 4.78 is 40.1. The molecule has 1 unspecified atom stereocenters. The summed E-state index contributed by atoms with van der Waals surface area (Å²) in [6.45, 7) is 0.738. The number of aromatic nitrogens is 3. The minimum absolute atomic E-state index is 0.336. The predicted molar refractivity (Wildman–Crippen MR) is 69.8 cm³/mol. The van der Waals surface area contributed by atoms with Crippen LogP contribution in [0.4, 0.5) is 13.2 Å². The molecule has 0 aromatic carbocycles. The Bertz CT molecular complexity index is 485. The molecule has 1 aliphatic rings. The lowest BCUT2D eigenvalue weighted by Crippen LogP contribution is -2.37. The number of amidine groups is 1. The van der Waals surface area contributed by atoms with Crippen molar-refractivity contribution in [3.63, 3.8) is 0 Å². The first-order valence-corrected chi connectivity index (χ1v) is 7.33. The van der Waals surface area contributed by atoms with Gasteiger partial charge in [0.1, 0.15) is 17.6 Å². The van der Waals surface area contributed by atoms with Crippen molar-refractivity contribution in [3.05, 3.63) is 5.82 Å². The Labute approximate surface area is 118 Å². The molecule has 0 amide bonds. The molecule has 9 heteroatoms. The molecule has 1 aliphatic heterocycles. The van der Waals surface area contributed by atoms with Crippen molar-refractivity contribution in [2.45, 2.75) is 43.6 Å². The second-order valence-corrected chi connectivity index (χ2v) is 5.71. The SMILES string of the molecule is N=C(N)C(CSc1nnc2n1CCCCC2)C(F)(F)F. The Hall–Kier alpha value is -1.25. The zero-order valence-electron chi connectivity index (χ0n) is 10.8. The van der Waals surface area contributed by atoms with E-state index in [2.05, 4.69) is 10.2 Å². The van der Waals surface area contributed by atoms with Crippen molar-refractivity contribution in [2.24, 2.45) is 11.7 Å². The van der Waals surface area contributed by atoms with Gasteiger partial charge in [-0.05, 0) is 12.8 Å². The van der Waals surface area contributed by atoms with Crippen LogP contribution < -0.4 is 5.73 Å². The van der Waals surface area contributed by atoms with Crippen LogP contribution in [0.2, 0.25) is 0 Å². The van der Waals surface area contributed by atoms with E-state index in [9.17, 15) is 13.2 Å². The van der Waals surface area contributed by atoms with Crippen LogP contribution in [0.1, 0.15) is 25.1 Å². The first-order valence-electron chi connectivity index (χ1n) is 6.35. The van der Waals surface area contributed by atoms with Gasteiger partial charge in [-0.2, -0.15) is 13.2 Å². The molecular weight excluding hydrogens is 291 g/mol. The number of nitrogens with zero attached hydrogens (tertiary/aromatic N) is 3. The fourth-order valence-corrected chi connectivity index (χ4v) is 3.22. The normalized spacial score (nSPS) is 17.4. The van der Waals surface area contributed by atoms with Crippen LogP contribution in [0.3, 0.4) is 0 Å². The van der Waals surface area contributed by atoms with Crippen molar-refractivity contribution < 1.29 is 13.2 Å². The van der Waals surface area contributed by atoms with E-state index in [0.717, 1.165) is 49.8 Å². The van der Waals surface area contributed by atoms with Crippen molar-refractivity contribution >= 4 is 17.6 Å². The van der Waals surface area contributed by atoms with E-state index in [1.165, 1.54) is 0 Å². The maximum Gasteiger partial charge on any atom is 0.399 e. The molecule has 0 radical (unpaired) electrons. The zero-order valence-corrected chi connectivity index (χ0v) is 11.6. The largest absolute Gasteiger partial charge is 0.399 e. The Morgan fingerprint density at radius 2 is 2.10 bits per heavy atom. The molecule has 1 aromatic rings. The van der Waals surface area contributed by atoms with Crippen LogP contribution in [-0.4, -0.2) is 32.5 Å². The van der Waals surface area contributed by atoms with Gasteiger partial charge in [-0.25, -0.2) is 0 Å². The van der Waals surface area contributed by atoms with E-state index in [4.69, 9.17) is 11.1 Å². The topological polar surface area (TPSA) is 80.6 Å². The lowest BCUT2D eigenvalue weighted by atomic mass is 10.1. The molecule has 0 bridgehead atoms. The highest BCUT2D eigenvalue weighted by molar-refractivity contribution is 7.99. The summed E-state index contributed by atoms with van der Waals surface area (Å²) in [7, 11) is 0.